The van der Waals surface area contributed by atoms with Crippen LogP contribution < -0.4 is 0 Å². The molecule has 0 spiro atoms. The van der Waals surface area contributed by atoms with E-state index >= 15 is 0 Å². The Kier molecular flexibility index (Phi) is 15.1. The molecular weight excluding hydrogens is 376 g/mol. The van der Waals surface area contributed by atoms with Crippen LogP contribution in [0, 0.1) is 5.92 Å². The lowest BCUT2D eigenvalue weighted by Gasteiger charge is -2.39. The van der Waals surface area contributed by atoms with Gasteiger partial charge in [-0.3, -0.25) is 0 Å². The van der Waals surface area contributed by atoms with E-state index in [0.717, 1.165) is 12.8 Å². The fraction of sp³-hybridized carbons (Fsp3) is 0.769. The average molecular weight is 423 g/mol. The molecule has 1 rings (SSSR count). The zero-order chi connectivity index (χ0) is 22.1. The highest BCUT2D eigenvalue weighted by Crippen LogP contribution is 2.31. The highest BCUT2D eigenvalue weighted by atomic mass is 16.9. The van der Waals surface area contributed by atoms with Gasteiger partial charge in [-0.15, -0.1) is 0 Å². The first kappa shape index (κ1) is 27.1. The van der Waals surface area contributed by atoms with Crippen molar-refractivity contribution in [1.82, 2.24) is 0 Å². The molecule has 174 valence electrons. The van der Waals surface area contributed by atoms with Crippen molar-refractivity contribution in [3.05, 3.63) is 35.9 Å². The topological polar surface area (TPSA) is 36.9 Å². The molecule has 30 heavy (non-hydrogen) atoms. The van der Waals surface area contributed by atoms with Crippen LogP contribution in [0.4, 0.5) is 0 Å². The molecule has 2 atom stereocenters. The first-order valence-electron chi connectivity index (χ1n) is 12.2. The monoisotopic (exact) mass is 422 g/mol. The molecule has 0 radical (unpaired) electrons. The van der Waals surface area contributed by atoms with Crippen LogP contribution in [-0.2, 0) is 18.9 Å². The van der Waals surface area contributed by atoms with Gasteiger partial charge in [0.1, 0.15) is 0 Å². The van der Waals surface area contributed by atoms with Crippen LogP contribution in [0.3, 0.4) is 0 Å². The van der Waals surface area contributed by atoms with Gasteiger partial charge in [-0.1, -0.05) is 82.7 Å². The molecular formula is C26H46O4. The van der Waals surface area contributed by atoms with E-state index in [1.54, 1.807) is 0 Å². The van der Waals surface area contributed by atoms with Crippen LogP contribution in [0.1, 0.15) is 91.0 Å². The Morgan fingerprint density at radius 2 is 1.30 bits per heavy atom. The normalized spacial score (nSPS) is 14.0. The Morgan fingerprint density at radius 1 is 0.733 bits per heavy atom. The molecule has 0 amide bonds. The molecule has 0 bridgehead atoms. The fourth-order valence-corrected chi connectivity index (χ4v) is 3.88. The van der Waals surface area contributed by atoms with Crippen LogP contribution in [-0.4, -0.2) is 39.0 Å². The summed E-state index contributed by atoms with van der Waals surface area (Å²) < 4.78 is 24.5. The van der Waals surface area contributed by atoms with Crippen molar-refractivity contribution in [3.8, 4) is 0 Å². The zero-order valence-corrected chi connectivity index (χ0v) is 20.2. The van der Waals surface area contributed by atoms with E-state index in [4.69, 9.17) is 18.9 Å². The summed E-state index contributed by atoms with van der Waals surface area (Å²) in [7, 11) is 0. The van der Waals surface area contributed by atoms with E-state index in [1.165, 1.54) is 37.7 Å². The van der Waals surface area contributed by atoms with Crippen molar-refractivity contribution in [2.24, 2.45) is 5.92 Å². The third-order valence-corrected chi connectivity index (χ3v) is 5.50. The molecule has 0 aliphatic carbocycles. The molecule has 0 aromatic heterocycles. The van der Waals surface area contributed by atoms with E-state index in [-0.39, 0.29) is 5.92 Å². The van der Waals surface area contributed by atoms with Gasteiger partial charge in [0.05, 0.1) is 19.1 Å². The third kappa shape index (κ3) is 9.91. The van der Waals surface area contributed by atoms with E-state index in [9.17, 15) is 0 Å². The van der Waals surface area contributed by atoms with Crippen LogP contribution >= 0.6 is 0 Å². The summed E-state index contributed by atoms with van der Waals surface area (Å²) in [5.41, 5.74) is 1.30. The van der Waals surface area contributed by atoms with Gasteiger partial charge in [0.15, 0.2) is 0 Å². The minimum atomic E-state index is -1.02. The number of hydrogen-bond acceptors (Lipinski definition) is 4. The molecule has 4 heteroatoms. The number of hydrogen-bond donors (Lipinski definition) is 0. The van der Waals surface area contributed by atoms with Crippen molar-refractivity contribution < 1.29 is 18.9 Å². The average Bonchev–Trinajstić information content (AvgIpc) is 2.75. The van der Waals surface area contributed by atoms with Gasteiger partial charge < -0.3 is 18.9 Å². The summed E-state index contributed by atoms with van der Waals surface area (Å²) in [6.07, 6.45) is 8.56. The summed E-state index contributed by atoms with van der Waals surface area (Å²) in [4.78, 5) is 0. The van der Waals surface area contributed by atoms with Gasteiger partial charge in [-0.05, 0) is 32.8 Å². The molecule has 2 unspecified atom stereocenters. The molecule has 1 aromatic rings. The first-order chi connectivity index (χ1) is 14.6. The lowest BCUT2D eigenvalue weighted by Crippen LogP contribution is -2.48. The van der Waals surface area contributed by atoms with Gasteiger partial charge in [0, 0.05) is 25.7 Å². The molecule has 0 fully saturated rings. The van der Waals surface area contributed by atoms with E-state index in [1.807, 2.05) is 26.8 Å². The van der Waals surface area contributed by atoms with Gasteiger partial charge >= 0.3 is 0 Å². The lowest BCUT2D eigenvalue weighted by atomic mass is 9.97. The van der Waals surface area contributed by atoms with Gasteiger partial charge in [-0.2, -0.15) is 0 Å². The minimum absolute atomic E-state index is 0.0477. The maximum Gasteiger partial charge on any atom is 0.288 e. The quantitative estimate of drug-likeness (QED) is 0.179. The summed E-state index contributed by atoms with van der Waals surface area (Å²) >= 11 is 0. The van der Waals surface area contributed by atoms with Crippen molar-refractivity contribution in [2.45, 2.75) is 91.5 Å². The van der Waals surface area contributed by atoms with Crippen LogP contribution in [0.15, 0.2) is 30.3 Å². The van der Waals surface area contributed by atoms with Crippen molar-refractivity contribution >= 4 is 0 Å². The fourth-order valence-electron chi connectivity index (χ4n) is 3.88. The SMILES string of the molecule is CCCCCCCCC(COCC(C)c1ccccc1)C(OCC)(OCC)OCC. The highest BCUT2D eigenvalue weighted by molar-refractivity contribution is 5.18. The second-order valence-corrected chi connectivity index (χ2v) is 8.01. The predicted octanol–water partition coefficient (Wildman–Crippen LogP) is 6.94. The maximum absolute atomic E-state index is 6.21. The Balaban J connectivity index is 2.73. The van der Waals surface area contributed by atoms with Gasteiger partial charge in [0.25, 0.3) is 5.97 Å². The number of benzene rings is 1. The third-order valence-electron chi connectivity index (χ3n) is 5.50. The second kappa shape index (κ2) is 16.7. The summed E-state index contributed by atoms with van der Waals surface area (Å²) in [6, 6.07) is 10.5. The number of unbranched alkanes of at least 4 members (excludes halogenated alkanes) is 5. The smallest absolute Gasteiger partial charge is 0.288 e. The van der Waals surface area contributed by atoms with Crippen LogP contribution in [0.2, 0.25) is 0 Å². The molecule has 0 heterocycles. The first-order valence-corrected chi connectivity index (χ1v) is 12.2. The second-order valence-electron chi connectivity index (χ2n) is 8.01. The highest BCUT2D eigenvalue weighted by Gasteiger charge is 2.42. The standard InChI is InChI=1S/C26H46O4/c1-6-10-11-12-13-17-20-25(26(28-7-2,29-8-3)30-9-4)22-27-21-23(5)24-18-15-14-16-19-24/h14-16,18-19,23,25H,6-13,17,20-22H2,1-5H3. The molecule has 0 aliphatic rings. The van der Waals surface area contributed by atoms with Crippen molar-refractivity contribution in [3.63, 3.8) is 0 Å². The Bertz CT molecular complexity index is 488. The van der Waals surface area contributed by atoms with Crippen molar-refractivity contribution in [2.75, 3.05) is 33.0 Å². The molecule has 0 saturated carbocycles. The summed E-state index contributed by atoms with van der Waals surface area (Å²) in [6.45, 7) is 13.3. The van der Waals surface area contributed by atoms with Crippen molar-refractivity contribution in [1.29, 1.82) is 0 Å². The maximum atomic E-state index is 6.21. The molecule has 0 N–H and O–H groups in total. The Morgan fingerprint density at radius 3 is 1.87 bits per heavy atom. The largest absolute Gasteiger partial charge is 0.380 e. The molecule has 0 saturated heterocycles. The molecule has 4 nitrogen and oxygen atoms in total. The summed E-state index contributed by atoms with van der Waals surface area (Å²) in [5, 5.41) is 0. The Hall–Kier alpha value is -0.940. The van der Waals surface area contributed by atoms with E-state index in [0.29, 0.717) is 39.0 Å². The van der Waals surface area contributed by atoms with Gasteiger partial charge in [0.2, 0.25) is 0 Å². The minimum Gasteiger partial charge on any atom is -0.380 e. The molecule has 0 aliphatic heterocycles. The predicted molar refractivity (Wildman–Crippen MR) is 125 cm³/mol. The lowest BCUT2D eigenvalue weighted by molar-refractivity contribution is -0.405. The Labute approximate surface area is 185 Å². The van der Waals surface area contributed by atoms with Crippen LogP contribution in [0.25, 0.3) is 0 Å². The van der Waals surface area contributed by atoms with E-state index < -0.39 is 5.97 Å². The van der Waals surface area contributed by atoms with E-state index in [2.05, 4.69) is 38.1 Å². The zero-order valence-electron chi connectivity index (χ0n) is 20.2. The molecule has 1 aromatic carbocycles. The number of rotatable bonds is 19. The summed E-state index contributed by atoms with van der Waals surface area (Å²) in [5.74, 6) is -0.620. The number of ether oxygens (including phenoxy) is 4. The van der Waals surface area contributed by atoms with Gasteiger partial charge in [-0.25, -0.2) is 0 Å². The van der Waals surface area contributed by atoms with Crippen LogP contribution in [0.5, 0.6) is 0 Å².